The first-order chi connectivity index (χ1) is 11.8. The van der Waals surface area contributed by atoms with Gasteiger partial charge in [0.2, 0.25) is 0 Å². The molecule has 0 saturated carbocycles. The fourth-order valence-corrected chi connectivity index (χ4v) is 2.00. The second-order valence-electron chi connectivity index (χ2n) is 4.70. The van der Waals surface area contributed by atoms with Gasteiger partial charge in [-0.1, -0.05) is 12.1 Å². The van der Waals surface area contributed by atoms with Crippen LogP contribution in [0.2, 0.25) is 0 Å². The maximum absolute atomic E-state index is 12.2. The topological polar surface area (TPSA) is 82.1 Å². The quantitative estimate of drug-likeness (QED) is 0.736. The third kappa shape index (κ3) is 3.83. The fraction of sp³-hybridized carbons (Fsp3) is 0.0588. The van der Waals surface area contributed by atoms with E-state index in [4.69, 9.17) is 0 Å². The fourth-order valence-electron chi connectivity index (χ4n) is 2.00. The summed E-state index contributed by atoms with van der Waals surface area (Å²) in [5.41, 5.74) is 0.986. The Morgan fingerprint density at radius 2 is 1.71 bits per heavy atom. The minimum absolute atomic E-state index is 0.357. The molecule has 0 N–H and O–H groups in total. The molecule has 0 unspecified atom stereocenters. The van der Waals surface area contributed by atoms with E-state index >= 15 is 0 Å². The minimum atomic E-state index is -0.378. The number of carbonyl (C=O) groups excluding carboxylic acids is 1. The maximum atomic E-state index is 12.2. The van der Waals surface area contributed by atoms with Gasteiger partial charge in [0.05, 0.1) is 23.7 Å². The van der Waals surface area contributed by atoms with Gasteiger partial charge in [0, 0.05) is 24.7 Å². The van der Waals surface area contributed by atoms with Gasteiger partial charge < -0.3 is 0 Å². The van der Waals surface area contributed by atoms with Crippen molar-refractivity contribution < 1.29 is 4.79 Å². The number of para-hydroxylation sites is 1. The van der Waals surface area contributed by atoms with Crippen LogP contribution in [0.25, 0.3) is 0 Å². The Morgan fingerprint density at radius 3 is 2.62 bits per heavy atom. The first-order valence-corrected chi connectivity index (χ1v) is 7.25. The molecule has 0 bridgehead atoms. The van der Waals surface area contributed by atoms with Crippen LogP contribution in [0.5, 0.6) is 0 Å². The highest BCUT2D eigenvalue weighted by atomic mass is 16.1. The first kappa shape index (κ1) is 15.4. The van der Waals surface area contributed by atoms with Gasteiger partial charge in [-0.3, -0.25) is 14.8 Å². The van der Waals surface area contributed by atoms with Gasteiger partial charge in [-0.2, -0.15) is 5.10 Å². The molecule has 24 heavy (non-hydrogen) atoms. The average molecular weight is 318 g/mol. The molecule has 2 aliphatic heterocycles. The van der Waals surface area contributed by atoms with Crippen molar-refractivity contribution in [2.45, 2.75) is 0 Å². The van der Waals surface area contributed by atoms with Crippen LogP contribution in [-0.2, 0) is 0 Å². The van der Waals surface area contributed by atoms with Crippen molar-refractivity contribution in [3.63, 3.8) is 0 Å². The van der Waals surface area contributed by atoms with Crippen LogP contribution in [0, 0.1) is 0 Å². The van der Waals surface area contributed by atoms with Gasteiger partial charge >= 0.3 is 0 Å². The van der Waals surface area contributed by atoms with Crippen LogP contribution in [0.4, 0.5) is 5.69 Å². The van der Waals surface area contributed by atoms with Gasteiger partial charge in [0.25, 0.3) is 5.91 Å². The molecule has 0 atom stereocenters. The lowest BCUT2D eigenvalue weighted by Crippen LogP contribution is -2.19. The first-order valence-electron chi connectivity index (χ1n) is 7.25. The number of hydrogen-bond acceptors (Lipinski definition) is 6. The molecule has 2 heterocycles. The van der Waals surface area contributed by atoms with Crippen molar-refractivity contribution in [3.8, 4) is 0 Å². The lowest BCUT2D eigenvalue weighted by Gasteiger charge is -2.18. The van der Waals surface area contributed by atoms with Gasteiger partial charge in [-0.05, 0) is 24.3 Å². The molecule has 7 nitrogen and oxygen atoms in total. The second-order valence-corrected chi connectivity index (χ2v) is 4.70. The van der Waals surface area contributed by atoms with Gasteiger partial charge in [-0.15, -0.1) is 0 Å². The molecule has 1 aromatic rings. The molecule has 1 aromatic carbocycles. The molecule has 0 saturated heterocycles. The molecule has 0 fully saturated rings. The molecule has 118 valence electrons. The summed E-state index contributed by atoms with van der Waals surface area (Å²) in [6.07, 6.45) is 12.9. The molecule has 2 aliphatic rings. The van der Waals surface area contributed by atoms with Crippen LogP contribution in [0.1, 0.15) is 10.4 Å². The number of rotatable bonds is 0. The Labute approximate surface area is 138 Å². The zero-order valence-electron chi connectivity index (χ0n) is 12.7. The van der Waals surface area contributed by atoms with Crippen LogP contribution in [-0.4, -0.2) is 48.7 Å². The monoisotopic (exact) mass is 318 g/mol. The Kier molecular flexibility index (Phi) is 4.94. The molecule has 3 rings (SSSR count). The standard InChI is InChI=1S/C17H14N6O/c24-17-14-5-1-2-6-15(14)19-8-3-4-9-20-16-7-10-18-13-23(16)22-12-11-21-17/h1-12H,13H2/b4-3-,19-8?,20-9-,21-11?,22-12-. The summed E-state index contributed by atoms with van der Waals surface area (Å²) in [5, 5.41) is 5.80. The highest BCUT2D eigenvalue weighted by molar-refractivity contribution is 6.20. The number of amides is 1. The Bertz CT molecular complexity index is 829. The molecule has 0 aromatic heterocycles. The van der Waals surface area contributed by atoms with E-state index in [0.29, 0.717) is 23.7 Å². The van der Waals surface area contributed by atoms with E-state index in [1.807, 2.05) is 6.07 Å². The molecule has 7 heteroatoms. The smallest absolute Gasteiger partial charge is 0.270 e. The summed E-state index contributed by atoms with van der Waals surface area (Å²) in [6.45, 7) is 0.357. The van der Waals surface area contributed by atoms with Crippen molar-refractivity contribution in [3.05, 3.63) is 53.9 Å². The number of nitrogens with zero attached hydrogens (tertiary/aromatic N) is 6. The van der Waals surface area contributed by atoms with E-state index in [2.05, 4.69) is 25.1 Å². The maximum Gasteiger partial charge on any atom is 0.279 e. The van der Waals surface area contributed by atoms with Crippen molar-refractivity contribution in [2.24, 2.45) is 25.1 Å². The summed E-state index contributed by atoms with van der Waals surface area (Å²) >= 11 is 0. The molecule has 0 radical (unpaired) electrons. The van der Waals surface area contributed by atoms with Crippen molar-refractivity contribution in [1.29, 1.82) is 0 Å². The predicted octanol–water partition coefficient (Wildman–Crippen LogP) is 2.41. The van der Waals surface area contributed by atoms with E-state index in [0.717, 1.165) is 0 Å². The predicted molar refractivity (Wildman–Crippen MR) is 96.8 cm³/mol. The zero-order chi connectivity index (χ0) is 16.6. The number of aliphatic imine (C=N–C) groups is 4. The number of carbonyl (C=O) groups is 1. The van der Waals surface area contributed by atoms with Crippen LogP contribution < -0.4 is 0 Å². The van der Waals surface area contributed by atoms with Crippen LogP contribution >= 0.6 is 0 Å². The van der Waals surface area contributed by atoms with E-state index in [9.17, 15) is 4.79 Å². The van der Waals surface area contributed by atoms with Gasteiger partial charge in [0.15, 0.2) is 5.82 Å². The summed E-state index contributed by atoms with van der Waals surface area (Å²) in [6, 6.07) is 7.04. The molecular weight excluding hydrogens is 304 g/mol. The Hall–Kier alpha value is -3.48. The normalized spacial score (nSPS) is 21.1. The third-order valence-corrected chi connectivity index (χ3v) is 3.11. The van der Waals surface area contributed by atoms with E-state index < -0.39 is 0 Å². The Balaban J connectivity index is 1.95. The van der Waals surface area contributed by atoms with E-state index in [1.165, 1.54) is 12.4 Å². The highest BCUT2D eigenvalue weighted by Crippen LogP contribution is 2.19. The SMILES string of the molecule is O=C1N=C/C=N\N2CN=CC=C2/N=C\C=C/C=Nc2ccccc21. The number of benzene rings is 1. The van der Waals surface area contributed by atoms with Crippen molar-refractivity contribution in [1.82, 2.24) is 5.01 Å². The second kappa shape index (κ2) is 7.68. The number of allylic oxidation sites excluding steroid dienone is 3. The molecule has 0 spiro atoms. The number of fused-ring (bicyclic) bond motifs is 2. The van der Waals surface area contributed by atoms with Gasteiger partial charge in [0.1, 0.15) is 6.67 Å². The summed E-state index contributed by atoms with van der Waals surface area (Å²) < 4.78 is 0. The van der Waals surface area contributed by atoms with Crippen molar-refractivity contribution in [2.75, 3.05) is 6.67 Å². The van der Waals surface area contributed by atoms with Crippen LogP contribution in [0.3, 0.4) is 0 Å². The molecule has 0 aliphatic carbocycles. The number of hydrazone groups is 1. The average Bonchev–Trinajstić information content (AvgIpc) is 2.62. The zero-order valence-corrected chi connectivity index (χ0v) is 12.7. The summed E-state index contributed by atoms with van der Waals surface area (Å²) in [5.74, 6) is 0.262. The molecule has 1 amide bonds. The van der Waals surface area contributed by atoms with E-state index in [-0.39, 0.29) is 5.91 Å². The molecular formula is C17H14N6O. The summed E-state index contributed by atoms with van der Waals surface area (Å²) in [7, 11) is 0. The lowest BCUT2D eigenvalue weighted by molar-refractivity contribution is 0.100. The third-order valence-electron chi connectivity index (χ3n) is 3.11. The number of hydrogen-bond donors (Lipinski definition) is 0. The van der Waals surface area contributed by atoms with Crippen molar-refractivity contribution >= 4 is 42.7 Å². The lowest BCUT2D eigenvalue weighted by atomic mass is 10.1. The van der Waals surface area contributed by atoms with Gasteiger partial charge in [-0.25, -0.2) is 15.0 Å². The Morgan fingerprint density at radius 1 is 0.875 bits per heavy atom. The summed E-state index contributed by atoms with van der Waals surface area (Å²) in [4.78, 5) is 28.8. The van der Waals surface area contributed by atoms with Crippen LogP contribution in [0.15, 0.2) is 73.4 Å². The largest absolute Gasteiger partial charge is 0.279 e. The van der Waals surface area contributed by atoms with E-state index in [1.54, 1.807) is 60.1 Å². The highest BCUT2D eigenvalue weighted by Gasteiger charge is 2.09. The minimum Gasteiger partial charge on any atom is -0.270 e.